The largest absolute Gasteiger partial charge is 0.477 e. The van der Waals surface area contributed by atoms with E-state index in [9.17, 15) is 27.9 Å². The van der Waals surface area contributed by atoms with Gasteiger partial charge >= 0.3 is 5.97 Å². The van der Waals surface area contributed by atoms with Gasteiger partial charge in [0, 0.05) is 27.8 Å². The molecule has 0 amide bonds. The predicted octanol–water partition coefficient (Wildman–Crippen LogP) is 4.28. The molecule has 0 bridgehead atoms. The molecule has 1 aromatic heterocycles. The zero-order valence-corrected chi connectivity index (χ0v) is 19.4. The zero-order valence-electron chi connectivity index (χ0n) is 17.9. The number of rotatable bonds is 6. The van der Waals surface area contributed by atoms with Gasteiger partial charge in [-0.2, -0.15) is 0 Å². The molecule has 0 radical (unpaired) electrons. The Morgan fingerprint density at radius 2 is 1.74 bits per heavy atom. The van der Waals surface area contributed by atoms with Gasteiger partial charge in [-0.25, -0.2) is 13.2 Å². The summed E-state index contributed by atoms with van der Waals surface area (Å²) in [5.74, 6) is -1.33. The van der Waals surface area contributed by atoms with Crippen LogP contribution < -0.4 is 5.56 Å². The highest BCUT2D eigenvalue weighted by atomic mass is 35.5. The molecule has 172 valence electrons. The molecule has 0 aliphatic rings. The Balaban J connectivity index is 2.04. The Bertz CT molecular complexity index is 1620. The number of carboxylic acids is 1. The summed E-state index contributed by atoms with van der Waals surface area (Å²) in [6.07, 6.45) is 1.74. The van der Waals surface area contributed by atoms with Crippen LogP contribution >= 0.6 is 11.6 Å². The third-order valence-electron chi connectivity index (χ3n) is 5.44. The summed E-state index contributed by atoms with van der Waals surface area (Å²) in [7, 11) is -3.41. The maximum absolute atomic E-state index is 13.4. The number of aromatic nitrogens is 1. The molecule has 0 unspecified atom stereocenters. The topological polar surface area (TPSA) is 111 Å². The summed E-state index contributed by atoms with van der Waals surface area (Å²) in [5, 5.41) is 11.1. The number of pyridine rings is 1. The van der Waals surface area contributed by atoms with Crippen LogP contribution in [-0.2, 0) is 16.4 Å². The molecule has 0 atom stereocenters. The number of sulfone groups is 1. The smallest absolute Gasteiger partial charge is 0.353 e. The van der Waals surface area contributed by atoms with Crippen LogP contribution in [0.4, 0.5) is 0 Å². The number of halogens is 1. The van der Waals surface area contributed by atoms with E-state index in [-0.39, 0.29) is 28.1 Å². The second kappa shape index (κ2) is 8.89. The highest BCUT2D eigenvalue weighted by Gasteiger charge is 2.23. The monoisotopic (exact) mass is 495 g/mol. The Morgan fingerprint density at radius 3 is 2.35 bits per heavy atom. The summed E-state index contributed by atoms with van der Waals surface area (Å²) in [6.45, 7) is -0.108. The van der Waals surface area contributed by atoms with Gasteiger partial charge in [0.2, 0.25) is 0 Å². The Morgan fingerprint density at radius 1 is 1.03 bits per heavy atom. The fraction of sp³-hybridized carbons (Fsp3) is 0.0800. The second-order valence-corrected chi connectivity index (χ2v) is 10.2. The zero-order chi connectivity index (χ0) is 24.6. The average molecular weight is 496 g/mol. The van der Waals surface area contributed by atoms with Crippen molar-refractivity contribution in [2.24, 2.45) is 0 Å². The van der Waals surface area contributed by atoms with E-state index in [0.717, 1.165) is 10.8 Å². The Kier molecular flexibility index (Phi) is 6.12. The lowest BCUT2D eigenvalue weighted by Gasteiger charge is -2.18. The standard InChI is InChI=1S/C25H18ClNO6S/c1-34(32,33)19-8-5-15(6-9-19)13-27-23(25(30)31)22(17-4-2-3-16(11-17)14-28)21-12-18(26)7-10-20(21)24(27)29/h2-12,14H,13H2,1H3,(H,30,31). The van der Waals surface area contributed by atoms with Crippen molar-refractivity contribution in [1.29, 1.82) is 0 Å². The summed E-state index contributed by atoms with van der Waals surface area (Å²) in [5.41, 5.74) is 0.772. The van der Waals surface area contributed by atoms with E-state index < -0.39 is 21.4 Å². The van der Waals surface area contributed by atoms with Gasteiger partial charge in [0.1, 0.15) is 12.0 Å². The summed E-state index contributed by atoms with van der Waals surface area (Å²) < 4.78 is 24.7. The van der Waals surface area contributed by atoms with Crippen LogP contribution in [0.1, 0.15) is 26.4 Å². The summed E-state index contributed by atoms with van der Waals surface area (Å²) in [6, 6.07) is 16.9. The van der Waals surface area contributed by atoms with Crippen LogP contribution in [0.25, 0.3) is 21.9 Å². The average Bonchev–Trinajstić information content (AvgIpc) is 2.80. The molecule has 4 rings (SSSR count). The molecule has 1 N–H and O–H groups in total. The normalized spacial score (nSPS) is 11.5. The molecule has 0 saturated carbocycles. The van der Waals surface area contributed by atoms with E-state index >= 15 is 0 Å². The van der Waals surface area contributed by atoms with Gasteiger partial charge in [-0.1, -0.05) is 41.9 Å². The van der Waals surface area contributed by atoms with Crippen LogP contribution in [0, 0.1) is 0 Å². The van der Waals surface area contributed by atoms with Crippen LogP contribution in [0.3, 0.4) is 0 Å². The van der Waals surface area contributed by atoms with Crippen LogP contribution in [0.15, 0.2) is 76.4 Å². The molecular weight excluding hydrogens is 478 g/mol. The number of carboxylic acid groups (broad SMARTS) is 1. The molecule has 3 aromatic carbocycles. The lowest BCUT2D eigenvalue weighted by molar-refractivity contribution is 0.0685. The molecule has 0 spiro atoms. The van der Waals surface area contributed by atoms with Crippen LogP contribution in [-0.4, -0.2) is 36.6 Å². The Labute approximate surface area is 199 Å². The molecule has 0 aliphatic carbocycles. The van der Waals surface area contributed by atoms with Crippen molar-refractivity contribution in [3.8, 4) is 11.1 Å². The van der Waals surface area contributed by atoms with Crippen molar-refractivity contribution in [3.05, 3.63) is 98.9 Å². The van der Waals surface area contributed by atoms with Gasteiger partial charge in [-0.3, -0.25) is 14.2 Å². The first-order chi connectivity index (χ1) is 16.1. The van der Waals surface area contributed by atoms with E-state index in [0.29, 0.717) is 33.4 Å². The van der Waals surface area contributed by atoms with Crippen molar-refractivity contribution < 1.29 is 23.1 Å². The molecule has 0 fully saturated rings. The number of hydrogen-bond donors (Lipinski definition) is 1. The minimum absolute atomic E-state index is 0.108. The fourth-order valence-electron chi connectivity index (χ4n) is 3.88. The lowest BCUT2D eigenvalue weighted by Crippen LogP contribution is -2.28. The number of hydrogen-bond acceptors (Lipinski definition) is 5. The highest BCUT2D eigenvalue weighted by Crippen LogP contribution is 2.33. The molecule has 1 heterocycles. The maximum Gasteiger partial charge on any atom is 0.353 e. The molecule has 0 aliphatic heterocycles. The molecule has 9 heteroatoms. The van der Waals surface area contributed by atoms with Gasteiger partial charge in [0.15, 0.2) is 9.84 Å². The number of carbonyl (C=O) groups is 2. The van der Waals surface area contributed by atoms with E-state index in [1.807, 2.05) is 0 Å². The van der Waals surface area contributed by atoms with Crippen molar-refractivity contribution in [2.75, 3.05) is 6.26 Å². The first-order valence-electron chi connectivity index (χ1n) is 10.0. The van der Waals surface area contributed by atoms with Gasteiger partial charge in [0.25, 0.3) is 5.56 Å². The fourth-order valence-corrected chi connectivity index (χ4v) is 4.68. The van der Waals surface area contributed by atoms with Crippen molar-refractivity contribution >= 4 is 44.5 Å². The molecular formula is C25H18ClNO6S. The van der Waals surface area contributed by atoms with Gasteiger partial charge < -0.3 is 5.11 Å². The molecule has 4 aromatic rings. The van der Waals surface area contributed by atoms with E-state index in [1.54, 1.807) is 30.3 Å². The predicted molar refractivity (Wildman–Crippen MR) is 130 cm³/mol. The first-order valence-corrected chi connectivity index (χ1v) is 12.3. The SMILES string of the molecule is CS(=O)(=O)c1ccc(Cn2c(C(=O)O)c(-c3cccc(C=O)c3)c3cc(Cl)ccc3c2=O)cc1. The van der Waals surface area contributed by atoms with Gasteiger partial charge in [-0.05, 0) is 52.9 Å². The highest BCUT2D eigenvalue weighted by molar-refractivity contribution is 7.90. The number of aldehydes is 1. The first kappa shape index (κ1) is 23.4. The third kappa shape index (κ3) is 4.37. The van der Waals surface area contributed by atoms with Gasteiger partial charge in [-0.15, -0.1) is 0 Å². The minimum atomic E-state index is -3.41. The van der Waals surface area contributed by atoms with Crippen LogP contribution in [0.5, 0.6) is 0 Å². The van der Waals surface area contributed by atoms with E-state index in [2.05, 4.69) is 0 Å². The van der Waals surface area contributed by atoms with E-state index in [1.165, 1.54) is 36.4 Å². The van der Waals surface area contributed by atoms with Gasteiger partial charge in [0.05, 0.1) is 11.4 Å². The lowest BCUT2D eigenvalue weighted by atomic mass is 9.95. The quantitative estimate of drug-likeness (QED) is 0.400. The number of aromatic carboxylic acids is 1. The molecule has 0 saturated heterocycles. The maximum atomic E-state index is 13.4. The summed E-state index contributed by atoms with van der Waals surface area (Å²) >= 11 is 6.18. The van der Waals surface area contributed by atoms with Crippen molar-refractivity contribution in [1.82, 2.24) is 4.57 Å². The molecule has 34 heavy (non-hydrogen) atoms. The third-order valence-corrected chi connectivity index (χ3v) is 6.80. The number of nitrogens with zero attached hydrogens (tertiary/aromatic N) is 1. The van der Waals surface area contributed by atoms with Crippen molar-refractivity contribution in [2.45, 2.75) is 11.4 Å². The Hall–Kier alpha value is -3.75. The molecule has 7 nitrogen and oxygen atoms in total. The number of benzene rings is 3. The summed E-state index contributed by atoms with van der Waals surface area (Å²) in [4.78, 5) is 37.4. The number of fused-ring (bicyclic) bond motifs is 1. The minimum Gasteiger partial charge on any atom is -0.477 e. The number of carbonyl (C=O) groups excluding carboxylic acids is 1. The van der Waals surface area contributed by atoms with Crippen molar-refractivity contribution in [3.63, 3.8) is 0 Å². The van der Waals surface area contributed by atoms with Crippen LogP contribution in [0.2, 0.25) is 5.02 Å². The second-order valence-electron chi connectivity index (χ2n) is 7.77. The van der Waals surface area contributed by atoms with E-state index in [4.69, 9.17) is 11.6 Å².